The van der Waals surface area contributed by atoms with Crippen LogP contribution in [0, 0.1) is 19.9 Å². The third-order valence-electron chi connectivity index (χ3n) is 2.33. The summed E-state index contributed by atoms with van der Waals surface area (Å²) in [5, 5.41) is 0. The Morgan fingerprint density at radius 3 is 2.40 bits per heavy atom. The zero-order chi connectivity index (χ0) is 10.7. The van der Waals surface area contributed by atoms with Crippen molar-refractivity contribution in [2.45, 2.75) is 13.8 Å². The van der Waals surface area contributed by atoms with Gasteiger partial charge in [0.1, 0.15) is 11.5 Å². The summed E-state index contributed by atoms with van der Waals surface area (Å²) in [6.45, 7) is 4.06. The number of hydrogen-bond donors (Lipinski definition) is 0. The predicted octanol–water partition coefficient (Wildman–Crippen LogP) is 3.90. The summed E-state index contributed by atoms with van der Waals surface area (Å²) in [4.78, 5) is 0. The largest absolute Gasteiger partial charge is 0.457 e. The predicted molar refractivity (Wildman–Crippen MR) is 61.3 cm³/mol. The molecule has 2 aromatic rings. The minimum atomic E-state index is 0.892. The van der Waals surface area contributed by atoms with Crippen LogP contribution in [0.15, 0.2) is 42.5 Å². The average molecular weight is 197 g/mol. The Morgan fingerprint density at radius 2 is 1.67 bits per heavy atom. The quantitative estimate of drug-likeness (QED) is 0.709. The molecule has 0 aliphatic heterocycles. The van der Waals surface area contributed by atoms with E-state index in [1.54, 1.807) is 0 Å². The van der Waals surface area contributed by atoms with Crippen molar-refractivity contribution < 1.29 is 4.74 Å². The fourth-order valence-electron chi connectivity index (χ4n) is 1.40. The molecule has 0 saturated carbocycles. The lowest BCUT2D eigenvalue weighted by atomic mass is 10.2. The van der Waals surface area contributed by atoms with Gasteiger partial charge in [0.05, 0.1) is 0 Å². The zero-order valence-electron chi connectivity index (χ0n) is 8.95. The lowest BCUT2D eigenvalue weighted by molar-refractivity contribution is 0.475. The first-order valence-corrected chi connectivity index (χ1v) is 4.97. The first kappa shape index (κ1) is 9.78. The molecule has 0 fully saturated rings. The summed E-state index contributed by atoms with van der Waals surface area (Å²) < 4.78 is 5.82. The van der Waals surface area contributed by atoms with Crippen LogP contribution in [0.4, 0.5) is 0 Å². The van der Waals surface area contributed by atoms with Crippen LogP contribution < -0.4 is 4.74 Å². The number of aryl methyl sites for hydroxylation is 2. The minimum absolute atomic E-state index is 0.892. The van der Waals surface area contributed by atoms with E-state index in [0.717, 1.165) is 22.6 Å². The third kappa shape index (κ3) is 2.18. The highest BCUT2D eigenvalue weighted by atomic mass is 16.5. The maximum atomic E-state index is 5.82. The third-order valence-corrected chi connectivity index (χ3v) is 2.33. The molecule has 1 radical (unpaired) electrons. The van der Waals surface area contributed by atoms with Crippen LogP contribution in [0.25, 0.3) is 0 Å². The molecular formula is C14H13O. The van der Waals surface area contributed by atoms with Crippen molar-refractivity contribution in [3.63, 3.8) is 0 Å². The van der Waals surface area contributed by atoms with Gasteiger partial charge in [-0.1, -0.05) is 24.3 Å². The molecule has 1 nitrogen and oxygen atoms in total. The molecule has 0 spiro atoms. The van der Waals surface area contributed by atoms with Crippen molar-refractivity contribution >= 4 is 0 Å². The first-order chi connectivity index (χ1) is 7.27. The summed E-state index contributed by atoms with van der Waals surface area (Å²) in [6.07, 6.45) is 0. The summed E-state index contributed by atoms with van der Waals surface area (Å²) in [6, 6.07) is 16.7. The molecule has 0 atom stereocenters. The van der Waals surface area contributed by atoms with Gasteiger partial charge in [-0.3, -0.25) is 0 Å². The van der Waals surface area contributed by atoms with Crippen LogP contribution in [-0.2, 0) is 0 Å². The van der Waals surface area contributed by atoms with E-state index in [0.29, 0.717) is 0 Å². The molecule has 0 amide bonds. The SMILES string of the molecule is Cc1c[c]ccc1Oc1ccccc1C. The van der Waals surface area contributed by atoms with Gasteiger partial charge in [0, 0.05) is 0 Å². The number of benzene rings is 2. The van der Waals surface area contributed by atoms with E-state index in [-0.39, 0.29) is 0 Å². The Bertz CT molecular complexity index is 417. The fraction of sp³-hybridized carbons (Fsp3) is 0.143. The van der Waals surface area contributed by atoms with Crippen LogP contribution in [0.5, 0.6) is 11.5 Å². The van der Waals surface area contributed by atoms with Gasteiger partial charge in [-0.05, 0) is 49.2 Å². The van der Waals surface area contributed by atoms with Crippen LogP contribution in [0.1, 0.15) is 11.1 Å². The molecule has 0 saturated heterocycles. The minimum Gasteiger partial charge on any atom is -0.457 e. The van der Waals surface area contributed by atoms with Gasteiger partial charge in [-0.25, -0.2) is 0 Å². The van der Waals surface area contributed by atoms with Gasteiger partial charge < -0.3 is 4.74 Å². The fourth-order valence-corrected chi connectivity index (χ4v) is 1.40. The topological polar surface area (TPSA) is 9.23 Å². The van der Waals surface area contributed by atoms with Crippen molar-refractivity contribution in [3.8, 4) is 11.5 Å². The second-order valence-corrected chi connectivity index (χ2v) is 3.56. The number of para-hydroxylation sites is 1. The highest BCUT2D eigenvalue weighted by Gasteiger charge is 2.01. The maximum Gasteiger partial charge on any atom is 0.130 e. The molecule has 0 unspecified atom stereocenters. The van der Waals surface area contributed by atoms with E-state index in [9.17, 15) is 0 Å². The van der Waals surface area contributed by atoms with Gasteiger partial charge in [0.2, 0.25) is 0 Å². The van der Waals surface area contributed by atoms with Crippen LogP contribution in [0.3, 0.4) is 0 Å². The monoisotopic (exact) mass is 197 g/mol. The van der Waals surface area contributed by atoms with Crippen LogP contribution in [-0.4, -0.2) is 0 Å². The van der Waals surface area contributed by atoms with Crippen molar-refractivity contribution in [1.82, 2.24) is 0 Å². The molecule has 0 aromatic heterocycles. The summed E-state index contributed by atoms with van der Waals surface area (Å²) in [7, 11) is 0. The molecule has 2 rings (SSSR count). The Morgan fingerprint density at radius 1 is 0.933 bits per heavy atom. The van der Waals surface area contributed by atoms with Gasteiger partial charge in [-0.15, -0.1) is 0 Å². The van der Waals surface area contributed by atoms with E-state index >= 15 is 0 Å². The molecule has 0 N–H and O–H groups in total. The van der Waals surface area contributed by atoms with Gasteiger partial charge in [0.15, 0.2) is 0 Å². The summed E-state index contributed by atoms with van der Waals surface area (Å²) in [5.41, 5.74) is 2.24. The highest BCUT2D eigenvalue weighted by molar-refractivity contribution is 5.39. The standard InChI is InChI=1S/C14H13O/c1-11-7-3-5-9-13(11)15-14-10-6-4-8-12(14)2/h3,5-10H,1-2H3. The maximum absolute atomic E-state index is 5.82. The van der Waals surface area contributed by atoms with E-state index in [2.05, 4.69) is 6.07 Å². The highest BCUT2D eigenvalue weighted by Crippen LogP contribution is 2.26. The number of rotatable bonds is 2. The van der Waals surface area contributed by atoms with E-state index in [1.165, 1.54) is 0 Å². The molecule has 75 valence electrons. The van der Waals surface area contributed by atoms with Crippen LogP contribution in [0.2, 0.25) is 0 Å². The molecule has 0 heterocycles. The molecule has 2 aromatic carbocycles. The van der Waals surface area contributed by atoms with Crippen molar-refractivity contribution in [1.29, 1.82) is 0 Å². The van der Waals surface area contributed by atoms with Crippen molar-refractivity contribution in [2.75, 3.05) is 0 Å². The van der Waals surface area contributed by atoms with Crippen molar-refractivity contribution in [2.24, 2.45) is 0 Å². The summed E-state index contributed by atoms with van der Waals surface area (Å²) in [5.74, 6) is 1.80. The van der Waals surface area contributed by atoms with E-state index in [1.807, 2.05) is 56.3 Å². The lowest BCUT2D eigenvalue weighted by Crippen LogP contribution is -1.89. The number of hydrogen-bond acceptors (Lipinski definition) is 1. The van der Waals surface area contributed by atoms with Crippen LogP contribution >= 0.6 is 0 Å². The smallest absolute Gasteiger partial charge is 0.130 e. The molecule has 0 aliphatic rings. The number of ether oxygens (including phenoxy) is 1. The molecule has 1 heteroatoms. The normalized spacial score (nSPS) is 10.0. The molecule has 0 aliphatic carbocycles. The Kier molecular flexibility index (Phi) is 2.72. The van der Waals surface area contributed by atoms with Gasteiger partial charge in [0.25, 0.3) is 0 Å². The lowest BCUT2D eigenvalue weighted by Gasteiger charge is -2.10. The Hall–Kier alpha value is -1.76. The van der Waals surface area contributed by atoms with E-state index < -0.39 is 0 Å². The van der Waals surface area contributed by atoms with Gasteiger partial charge >= 0.3 is 0 Å². The summed E-state index contributed by atoms with van der Waals surface area (Å²) >= 11 is 0. The molecular weight excluding hydrogens is 184 g/mol. The Labute approximate surface area is 90.3 Å². The molecule has 0 bridgehead atoms. The second-order valence-electron chi connectivity index (χ2n) is 3.56. The zero-order valence-corrected chi connectivity index (χ0v) is 8.95. The van der Waals surface area contributed by atoms with Crippen molar-refractivity contribution in [3.05, 3.63) is 59.7 Å². The van der Waals surface area contributed by atoms with Gasteiger partial charge in [-0.2, -0.15) is 0 Å². The van der Waals surface area contributed by atoms with E-state index in [4.69, 9.17) is 4.74 Å². The second kappa shape index (κ2) is 4.18. The average Bonchev–Trinajstić information content (AvgIpc) is 2.24. The molecule has 15 heavy (non-hydrogen) atoms. The first-order valence-electron chi connectivity index (χ1n) is 4.97. The Balaban J connectivity index is 2.30.